The van der Waals surface area contributed by atoms with Gasteiger partial charge in [-0.2, -0.15) is 0 Å². The van der Waals surface area contributed by atoms with Gasteiger partial charge in [0, 0.05) is 48.4 Å². The maximum absolute atomic E-state index is 15.0. The summed E-state index contributed by atoms with van der Waals surface area (Å²) in [6.45, 7) is 8.13. The van der Waals surface area contributed by atoms with Crippen molar-refractivity contribution in [2.24, 2.45) is 12.0 Å². The van der Waals surface area contributed by atoms with Crippen molar-refractivity contribution in [2.45, 2.75) is 20.3 Å². The summed E-state index contributed by atoms with van der Waals surface area (Å²) in [5.74, 6) is -1.64. The van der Waals surface area contributed by atoms with Crippen molar-refractivity contribution in [3.05, 3.63) is 77.1 Å². The topological polar surface area (TPSA) is 17.3 Å². The molecule has 0 aliphatic carbocycles. The highest BCUT2D eigenvalue weighted by atomic mass is 19.2. The van der Waals surface area contributed by atoms with Gasteiger partial charge in [-0.1, -0.05) is 37.0 Å². The van der Waals surface area contributed by atoms with E-state index in [-0.39, 0.29) is 5.56 Å². The first-order valence-corrected chi connectivity index (χ1v) is 8.66. The molecule has 0 bridgehead atoms. The second-order valence-electron chi connectivity index (χ2n) is 6.22. The number of hydrogen-bond donors (Lipinski definition) is 0. The van der Waals surface area contributed by atoms with Gasteiger partial charge in [0.2, 0.25) is 0 Å². The molecular weight excluding hydrogens is 330 g/mol. The van der Waals surface area contributed by atoms with Crippen LogP contribution in [0, 0.1) is 11.6 Å². The van der Waals surface area contributed by atoms with Crippen molar-refractivity contribution in [3.63, 3.8) is 0 Å². The van der Waals surface area contributed by atoms with Crippen molar-refractivity contribution < 1.29 is 8.78 Å². The number of rotatable bonds is 4. The third kappa shape index (κ3) is 2.85. The van der Waals surface area contributed by atoms with Crippen LogP contribution in [0.25, 0.3) is 16.5 Å². The fourth-order valence-electron chi connectivity index (χ4n) is 3.39. The molecule has 1 aromatic heterocycles. The first-order chi connectivity index (χ1) is 12.5. The highest BCUT2D eigenvalue weighted by Gasteiger charge is 2.24. The minimum Gasteiger partial charge on any atom is -0.347 e. The monoisotopic (exact) mass is 352 g/mol. The molecule has 134 valence electrons. The zero-order valence-electron chi connectivity index (χ0n) is 15.3. The highest BCUT2D eigenvalue weighted by Crippen LogP contribution is 2.34. The maximum Gasteiger partial charge on any atom is 0.169 e. The molecule has 4 heteroatoms. The second-order valence-corrected chi connectivity index (χ2v) is 6.22. The van der Waals surface area contributed by atoms with Gasteiger partial charge in [0.15, 0.2) is 11.6 Å². The first kappa shape index (κ1) is 18.1. The smallest absolute Gasteiger partial charge is 0.169 e. The van der Waals surface area contributed by atoms with Gasteiger partial charge in [-0.3, -0.25) is 4.99 Å². The van der Waals surface area contributed by atoms with Crippen LogP contribution in [0.4, 0.5) is 8.78 Å². The third-order valence-electron chi connectivity index (χ3n) is 4.88. The molecular formula is C22H22F2N2. The molecule has 0 atom stereocenters. The van der Waals surface area contributed by atoms with Gasteiger partial charge in [0.05, 0.1) is 5.52 Å². The standard InChI is InChI=1S/C22H22F2N2/c1-5-14(6-2)8-9-15(7-3)16-12-19-20(22(24)21(16)23)17-13-25-11-10-18(17)26(19)4/h5-9,12-13H,1,10-11H2,2-4H3/b9-8-,14-6-,15-7+. The molecule has 2 heterocycles. The summed E-state index contributed by atoms with van der Waals surface area (Å²) >= 11 is 0. The largest absolute Gasteiger partial charge is 0.347 e. The number of nitrogens with zero attached hydrogens (tertiary/aromatic N) is 2. The van der Waals surface area contributed by atoms with Crippen molar-refractivity contribution >= 4 is 22.7 Å². The lowest BCUT2D eigenvalue weighted by Crippen LogP contribution is -2.05. The van der Waals surface area contributed by atoms with E-state index >= 15 is 0 Å². The maximum atomic E-state index is 15.0. The zero-order valence-corrected chi connectivity index (χ0v) is 15.3. The van der Waals surface area contributed by atoms with Crippen LogP contribution < -0.4 is 0 Å². The number of benzene rings is 1. The van der Waals surface area contributed by atoms with Crippen molar-refractivity contribution in [3.8, 4) is 0 Å². The molecule has 1 aliphatic heterocycles. The Hall–Kier alpha value is -2.75. The van der Waals surface area contributed by atoms with Crippen LogP contribution in [0.1, 0.15) is 30.7 Å². The first-order valence-electron chi connectivity index (χ1n) is 8.66. The normalized spacial score (nSPS) is 15.1. The van der Waals surface area contributed by atoms with E-state index in [9.17, 15) is 8.78 Å². The summed E-state index contributed by atoms with van der Waals surface area (Å²) < 4.78 is 31.8. The SMILES string of the molecule is C=CC(/C=C\C(=C/C)c1cc2c(c(F)c1F)c1c(n2C)CCN=C1)=C/C. The van der Waals surface area contributed by atoms with Crippen LogP contribution >= 0.6 is 0 Å². The van der Waals surface area contributed by atoms with Gasteiger partial charge < -0.3 is 4.57 Å². The molecule has 0 saturated heterocycles. The average molecular weight is 352 g/mol. The Morgan fingerprint density at radius 2 is 1.96 bits per heavy atom. The number of hydrogen-bond acceptors (Lipinski definition) is 1. The molecule has 0 radical (unpaired) electrons. The van der Waals surface area contributed by atoms with Crippen LogP contribution in [-0.2, 0) is 13.5 Å². The van der Waals surface area contributed by atoms with E-state index in [1.807, 2.05) is 37.6 Å². The summed E-state index contributed by atoms with van der Waals surface area (Å²) in [4.78, 5) is 4.23. The predicted molar refractivity (Wildman–Crippen MR) is 106 cm³/mol. The molecule has 0 fully saturated rings. The zero-order chi connectivity index (χ0) is 18.8. The number of allylic oxidation sites excluding steroid dienone is 7. The Kier molecular flexibility index (Phi) is 5.03. The molecule has 0 unspecified atom stereocenters. The molecule has 0 saturated carbocycles. The van der Waals surface area contributed by atoms with Gasteiger partial charge >= 0.3 is 0 Å². The summed E-state index contributed by atoms with van der Waals surface area (Å²) in [6, 6.07) is 1.73. The third-order valence-corrected chi connectivity index (χ3v) is 4.88. The fourth-order valence-corrected chi connectivity index (χ4v) is 3.39. The molecule has 1 aliphatic rings. The Morgan fingerprint density at radius 3 is 2.62 bits per heavy atom. The summed E-state index contributed by atoms with van der Waals surface area (Å²) in [5.41, 5.74) is 4.15. The van der Waals surface area contributed by atoms with Gasteiger partial charge in [0.25, 0.3) is 0 Å². The summed E-state index contributed by atoms with van der Waals surface area (Å²) in [5, 5.41) is 0.312. The van der Waals surface area contributed by atoms with Gasteiger partial charge in [-0.15, -0.1) is 0 Å². The van der Waals surface area contributed by atoms with E-state index in [0.29, 0.717) is 28.6 Å². The summed E-state index contributed by atoms with van der Waals surface area (Å²) in [6.07, 6.45) is 11.4. The molecule has 3 rings (SSSR count). The fraction of sp³-hybridized carbons (Fsp3) is 0.227. The van der Waals surface area contributed by atoms with Gasteiger partial charge in [-0.05, 0) is 31.1 Å². The number of halogens is 2. The predicted octanol–water partition coefficient (Wildman–Crippen LogP) is 5.52. The Balaban J connectivity index is 2.22. The molecule has 0 amide bonds. The van der Waals surface area contributed by atoms with E-state index in [1.54, 1.807) is 30.5 Å². The lowest BCUT2D eigenvalue weighted by molar-refractivity contribution is 0.515. The number of aromatic nitrogens is 1. The Labute approximate surface area is 152 Å². The average Bonchev–Trinajstić information content (AvgIpc) is 2.95. The molecule has 2 nitrogen and oxygen atoms in total. The molecule has 26 heavy (non-hydrogen) atoms. The van der Waals surface area contributed by atoms with Gasteiger partial charge in [-0.25, -0.2) is 8.78 Å². The lowest BCUT2D eigenvalue weighted by Gasteiger charge is -2.08. The van der Waals surface area contributed by atoms with E-state index in [4.69, 9.17) is 0 Å². The van der Waals surface area contributed by atoms with E-state index in [0.717, 1.165) is 17.7 Å². The van der Waals surface area contributed by atoms with E-state index < -0.39 is 11.6 Å². The van der Waals surface area contributed by atoms with Gasteiger partial charge in [0.1, 0.15) is 0 Å². The van der Waals surface area contributed by atoms with E-state index in [1.165, 1.54) is 0 Å². The van der Waals surface area contributed by atoms with Crippen LogP contribution in [0.15, 0.2) is 53.6 Å². The van der Waals surface area contributed by atoms with Crippen molar-refractivity contribution in [1.82, 2.24) is 4.57 Å². The Bertz CT molecular complexity index is 1000. The quantitative estimate of drug-likeness (QED) is 0.645. The van der Waals surface area contributed by atoms with Crippen LogP contribution in [0.2, 0.25) is 0 Å². The second kappa shape index (κ2) is 7.24. The Morgan fingerprint density at radius 1 is 1.19 bits per heavy atom. The van der Waals surface area contributed by atoms with Crippen LogP contribution in [-0.4, -0.2) is 17.3 Å². The van der Waals surface area contributed by atoms with Crippen LogP contribution in [0.3, 0.4) is 0 Å². The molecule has 0 N–H and O–H groups in total. The molecule has 1 aromatic carbocycles. The minimum absolute atomic E-state index is 0.253. The van der Waals surface area contributed by atoms with Crippen molar-refractivity contribution in [2.75, 3.05) is 6.54 Å². The lowest BCUT2D eigenvalue weighted by atomic mass is 9.99. The number of aliphatic imine (C=N–C) groups is 1. The minimum atomic E-state index is -0.830. The number of aryl methyl sites for hydroxylation is 1. The van der Waals surface area contributed by atoms with E-state index in [2.05, 4.69) is 11.6 Å². The molecule has 2 aromatic rings. The molecule has 0 spiro atoms. The summed E-state index contributed by atoms with van der Waals surface area (Å²) in [7, 11) is 1.89. The van der Waals surface area contributed by atoms with Crippen molar-refractivity contribution in [1.29, 1.82) is 0 Å². The van der Waals surface area contributed by atoms with Crippen LogP contribution in [0.5, 0.6) is 0 Å². The number of fused-ring (bicyclic) bond motifs is 3. The highest BCUT2D eigenvalue weighted by molar-refractivity contribution is 6.03.